The first-order valence-electron chi connectivity index (χ1n) is 5.70. The molecule has 1 aliphatic rings. The Morgan fingerprint density at radius 2 is 2.06 bits per heavy atom. The summed E-state index contributed by atoms with van der Waals surface area (Å²) >= 11 is 6.46. The number of rotatable bonds is 4. The summed E-state index contributed by atoms with van der Waals surface area (Å²) in [6.45, 7) is 1.55. The van der Waals surface area contributed by atoms with Gasteiger partial charge in [-0.2, -0.15) is 0 Å². The zero-order valence-corrected chi connectivity index (χ0v) is 10.9. The van der Waals surface area contributed by atoms with Gasteiger partial charge in [0.1, 0.15) is 0 Å². The largest absolute Gasteiger partial charge is 0.493 e. The van der Waals surface area contributed by atoms with Gasteiger partial charge in [-0.3, -0.25) is 0 Å². The molecule has 0 radical (unpaired) electrons. The molecule has 3 nitrogen and oxygen atoms in total. The summed E-state index contributed by atoms with van der Waals surface area (Å²) in [6.07, 6.45) is 1.02. The van der Waals surface area contributed by atoms with Crippen LogP contribution < -0.4 is 9.47 Å². The van der Waals surface area contributed by atoms with E-state index in [2.05, 4.69) is 0 Å². The highest BCUT2D eigenvalue weighted by Crippen LogP contribution is 2.38. The van der Waals surface area contributed by atoms with Crippen molar-refractivity contribution in [3.63, 3.8) is 0 Å². The molecular weight excluding hydrogens is 240 g/mol. The second-order valence-corrected chi connectivity index (χ2v) is 4.61. The molecule has 1 aromatic carbocycles. The summed E-state index contributed by atoms with van der Waals surface area (Å²) < 4.78 is 15.8. The fourth-order valence-electron chi connectivity index (χ4n) is 2.08. The van der Waals surface area contributed by atoms with Crippen molar-refractivity contribution in [3.05, 3.63) is 23.8 Å². The van der Waals surface area contributed by atoms with Gasteiger partial charge in [0, 0.05) is 12.5 Å². The lowest BCUT2D eigenvalue weighted by Crippen LogP contribution is -2.08. The molecule has 1 aromatic rings. The van der Waals surface area contributed by atoms with E-state index in [0.717, 1.165) is 36.7 Å². The van der Waals surface area contributed by atoms with Crippen LogP contribution in [0.5, 0.6) is 11.5 Å². The minimum Gasteiger partial charge on any atom is -0.493 e. The first kappa shape index (κ1) is 12.5. The standard InChI is InChI=1S/C13H17ClO3/c1-15-11-4-3-9(7-12(11)16-2)13(14)10-5-6-17-8-10/h3-4,7,10,13H,5-6,8H2,1-2H3. The number of hydrogen-bond acceptors (Lipinski definition) is 3. The van der Waals surface area contributed by atoms with Gasteiger partial charge in [0.15, 0.2) is 11.5 Å². The molecule has 1 fully saturated rings. The number of alkyl halides is 1. The smallest absolute Gasteiger partial charge is 0.161 e. The van der Waals surface area contributed by atoms with Crippen molar-refractivity contribution in [3.8, 4) is 11.5 Å². The van der Waals surface area contributed by atoms with E-state index in [0.29, 0.717) is 5.92 Å². The zero-order valence-electron chi connectivity index (χ0n) is 10.1. The number of hydrogen-bond donors (Lipinski definition) is 0. The molecule has 17 heavy (non-hydrogen) atoms. The molecule has 0 spiro atoms. The average Bonchev–Trinajstić information content (AvgIpc) is 2.90. The van der Waals surface area contributed by atoms with Crippen LogP contribution in [0.2, 0.25) is 0 Å². The van der Waals surface area contributed by atoms with Gasteiger partial charge < -0.3 is 14.2 Å². The van der Waals surface area contributed by atoms with Gasteiger partial charge in [0.2, 0.25) is 0 Å². The molecule has 1 aliphatic heterocycles. The molecule has 0 saturated carbocycles. The highest BCUT2D eigenvalue weighted by molar-refractivity contribution is 6.21. The van der Waals surface area contributed by atoms with E-state index in [1.807, 2.05) is 18.2 Å². The predicted octanol–water partition coefficient (Wildman–Crippen LogP) is 3.02. The molecule has 2 unspecified atom stereocenters. The fourth-order valence-corrected chi connectivity index (χ4v) is 2.41. The highest BCUT2D eigenvalue weighted by atomic mass is 35.5. The summed E-state index contributed by atoms with van der Waals surface area (Å²) in [7, 11) is 3.25. The third-order valence-electron chi connectivity index (χ3n) is 3.10. The molecule has 0 N–H and O–H groups in total. The Morgan fingerprint density at radius 1 is 1.29 bits per heavy atom. The molecule has 0 aliphatic carbocycles. The monoisotopic (exact) mass is 256 g/mol. The molecule has 2 atom stereocenters. The molecule has 0 amide bonds. The lowest BCUT2D eigenvalue weighted by molar-refractivity contribution is 0.185. The molecule has 0 aromatic heterocycles. The van der Waals surface area contributed by atoms with Crippen molar-refractivity contribution in [2.75, 3.05) is 27.4 Å². The third kappa shape index (κ3) is 2.67. The zero-order chi connectivity index (χ0) is 12.3. The summed E-state index contributed by atoms with van der Waals surface area (Å²) in [5.74, 6) is 1.83. The SMILES string of the molecule is COc1ccc(C(Cl)C2CCOC2)cc1OC. The predicted molar refractivity (Wildman–Crippen MR) is 67.1 cm³/mol. The summed E-state index contributed by atoms with van der Waals surface area (Å²) in [6, 6.07) is 5.81. The Bertz CT molecular complexity index is 375. The molecule has 2 rings (SSSR count). The molecule has 94 valence electrons. The minimum absolute atomic E-state index is 0.0303. The lowest BCUT2D eigenvalue weighted by Gasteiger charge is -2.17. The number of ether oxygens (including phenoxy) is 3. The number of halogens is 1. The first-order valence-corrected chi connectivity index (χ1v) is 6.13. The van der Waals surface area contributed by atoms with Crippen molar-refractivity contribution in [1.82, 2.24) is 0 Å². The van der Waals surface area contributed by atoms with E-state index < -0.39 is 0 Å². The Labute approximate surface area is 107 Å². The minimum atomic E-state index is -0.0303. The Morgan fingerprint density at radius 3 is 2.65 bits per heavy atom. The molecular formula is C13H17ClO3. The van der Waals surface area contributed by atoms with E-state index in [9.17, 15) is 0 Å². The van der Waals surface area contributed by atoms with Crippen LogP contribution in [0.3, 0.4) is 0 Å². The molecule has 1 saturated heterocycles. The Kier molecular flexibility index (Phi) is 4.13. The normalized spacial score (nSPS) is 21.2. The van der Waals surface area contributed by atoms with E-state index in [-0.39, 0.29) is 5.38 Å². The quantitative estimate of drug-likeness (QED) is 0.775. The van der Waals surface area contributed by atoms with Crippen LogP contribution in [0.1, 0.15) is 17.4 Å². The first-order chi connectivity index (χ1) is 8.26. The Balaban J connectivity index is 2.20. The van der Waals surface area contributed by atoms with Gasteiger partial charge in [-0.1, -0.05) is 6.07 Å². The summed E-state index contributed by atoms with van der Waals surface area (Å²) in [4.78, 5) is 0. The van der Waals surface area contributed by atoms with Crippen LogP contribution in [0.15, 0.2) is 18.2 Å². The van der Waals surface area contributed by atoms with Crippen molar-refractivity contribution < 1.29 is 14.2 Å². The van der Waals surface area contributed by atoms with Gasteiger partial charge in [0.25, 0.3) is 0 Å². The second kappa shape index (κ2) is 5.61. The van der Waals surface area contributed by atoms with Crippen molar-refractivity contribution >= 4 is 11.6 Å². The van der Waals surface area contributed by atoms with Crippen LogP contribution >= 0.6 is 11.6 Å². The van der Waals surface area contributed by atoms with E-state index in [1.165, 1.54) is 0 Å². The number of benzene rings is 1. The van der Waals surface area contributed by atoms with Crippen molar-refractivity contribution in [2.45, 2.75) is 11.8 Å². The van der Waals surface area contributed by atoms with Gasteiger partial charge in [-0.05, 0) is 24.1 Å². The molecule has 1 heterocycles. The number of methoxy groups -OCH3 is 2. The topological polar surface area (TPSA) is 27.7 Å². The van der Waals surface area contributed by atoms with Gasteiger partial charge in [-0.25, -0.2) is 0 Å². The van der Waals surface area contributed by atoms with E-state index in [4.69, 9.17) is 25.8 Å². The summed E-state index contributed by atoms with van der Waals surface area (Å²) in [5, 5.41) is -0.0303. The maximum atomic E-state index is 6.46. The Hall–Kier alpha value is -0.930. The lowest BCUT2D eigenvalue weighted by atomic mass is 9.98. The maximum Gasteiger partial charge on any atom is 0.161 e. The third-order valence-corrected chi connectivity index (χ3v) is 3.71. The highest BCUT2D eigenvalue weighted by Gasteiger charge is 2.26. The fraction of sp³-hybridized carbons (Fsp3) is 0.538. The van der Waals surface area contributed by atoms with Gasteiger partial charge >= 0.3 is 0 Å². The van der Waals surface area contributed by atoms with Crippen LogP contribution in [-0.2, 0) is 4.74 Å². The molecule has 0 bridgehead atoms. The van der Waals surface area contributed by atoms with Crippen molar-refractivity contribution in [1.29, 1.82) is 0 Å². The van der Waals surface area contributed by atoms with E-state index in [1.54, 1.807) is 14.2 Å². The van der Waals surface area contributed by atoms with Gasteiger partial charge in [0.05, 0.1) is 26.2 Å². The average molecular weight is 257 g/mol. The van der Waals surface area contributed by atoms with Crippen LogP contribution in [0, 0.1) is 5.92 Å². The second-order valence-electron chi connectivity index (χ2n) is 4.14. The van der Waals surface area contributed by atoms with Crippen LogP contribution in [-0.4, -0.2) is 27.4 Å². The van der Waals surface area contributed by atoms with Gasteiger partial charge in [-0.15, -0.1) is 11.6 Å². The van der Waals surface area contributed by atoms with Crippen LogP contribution in [0.25, 0.3) is 0 Å². The maximum absolute atomic E-state index is 6.46. The van der Waals surface area contributed by atoms with Crippen molar-refractivity contribution in [2.24, 2.45) is 5.92 Å². The van der Waals surface area contributed by atoms with Crippen LogP contribution in [0.4, 0.5) is 0 Å². The summed E-state index contributed by atoms with van der Waals surface area (Å²) in [5.41, 5.74) is 1.06. The molecule has 4 heteroatoms. The van der Waals surface area contributed by atoms with E-state index >= 15 is 0 Å².